The van der Waals surface area contributed by atoms with Gasteiger partial charge in [-0.1, -0.05) is 30.3 Å². The monoisotopic (exact) mass is 327 g/mol. The van der Waals surface area contributed by atoms with Crippen molar-refractivity contribution in [2.75, 3.05) is 13.2 Å². The normalized spacial score (nSPS) is 11.8. The Morgan fingerprint density at radius 1 is 1.14 bits per heavy atom. The van der Waals surface area contributed by atoms with E-state index in [4.69, 9.17) is 16.7 Å². The molecule has 0 atom stereocenters. The molecular formula is C13H14ClN3O3S. The van der Waals surface area contributed by atoms with Crippen molar-refractivity contribution >= 4 is 21.6 Å². The second kappa shape index (κ2) is 6.95. The van der Waals surface area contributed by atoms with Crippen LogP contribution in [0.5, 0.6) is 0 Å². The molecule has 0 aliphatic heterocycles. The molecule has 2 rings (SSSR count). The third kappa shape index (κ3) is 3.98. The van der Waals surface area contributed by atoms with Gasteiger partial charge in [0.2, 0.25) is 15.3 Å². The molecule has 0 unspecified atom stereocenters. The van der Waals surface area contributed by atoms with Crippen LogP contribution in [0, 0.1) is 0 Å². The first kappa shape index (κ1) is 15.8. The van der Waals surface area contributed by atoms with E-state index in [0.29, 0.717) is 0 Å². The molecule has 2 aromatic rings. The van der Waals surface area contributed by atoms with Crippen LogP contribution in [0.25, 0.3) is 0 Å². The summed E-state index contributed by atoms with van der Waals surface area (Å²) in [7, 11) is -3.79. The minimum atomic E-state index is -3.79. The maximum Gasteiger partial charge on any atom is 0.246 e. The Balaban J connectivity index is 2.30. The summed E-state index contributed by atoms with van der Waals surface area (Å²) in [6, 6.07) is 9.13. The summed E-state index contributed by atoms with van der Waals surface area (Å²) in [5.74, 6) is 0. The van der Waals surface area contributed by atoms with Crippen LogP contribution in [0.15, 0.2) is 47.6 Å². The Labute approximate surface area is 128 Å². The zero-order chi connectivity index (χ0) is 15.3. The first-order valence-electron chi connectivity index (χ1n) is 6.16. The van der Waals surface area contributed by atoms with Gasteiger partial charge in [0.25, 0.3) is 0 Å². The first-order valence-corrected chi connectivity index (χ1v) is 7.98. The van der Waals surface area contributed by atoms with E-state index >= 15 is 0 Å². The highest BCUT2D eigenvalue weighted by molar-refractivity contribution is 7.89. The summed E-state index contributed by atoms with van der Waals surface area (Å²) in [4.78, 5) is 7.30. The number of sulfonamides is 1. The van der Waals surface area contributed by atoms with E-state index in [-0.39, 0.29) is 29.9 Å². The van der Waals surface area contributed by atoms with Crippen molar-refractivity contribution in [3.05, 3.63) is 53.6 Å². The van der Waals surface area contributed by atoms with Crippen molar-refractivity contribution in [2.45, 2.75) is 11.4 Å². The van der Waals surface area contributed by atoms with Crippen LogP contribution < -0.4 is 0 Å². The van der Waals surface area contributed by atoms with Gasteiger partial charge in [0, 0.05) is 13.1 Å². The number of aliphatic hydroxyl groups excluding tert-OH is 1. The molecule has 0 aliphatic rings. The average Bonchev–Trinajstić information content (AvgIpc) is 2.48. The number of hydrogen-bond donors (Lipinski definition) is 1. The van der Waals surface area contributed by atoms with Crippen LogP contribution in [-0.2, 0) is 16.6 Å². The Bertz CT molecular complexity index is 678. The van der Waals surface area contributed by atoms with Crippen LogP contribution in [0.4, 0.5) is 0 Å². The fourth-order valence-corrected chi connectivity index (χ4v) is 3.17. The van der Waals surface area contributed by atoms with Crippen molar-refractivity contribution in [1.82, 2.24) is 14.3 Å². The molecule has 0 radical (unpaired) electrons. The molecule has 0 fully saturated rings. The van der Waals surface area contributed by atoms with Crippen LogP contribution in [0.3, 0.4) is 0 Å². The number of rotatable bonds is 6. The average molecular weight is 328 g/mol. The highest BCUT2D eigenvalue weighted by Gasteiger charge is 2.25. The lowest BCUT2D eigenvalue weighted by atomic mass is 10.2. The van der Waals surface area contributed by atoms with Gasteiger partial charge in [-0.3, -0.25) is 0 Å². The SMILES string of the molecule is O=S(=O)(c1cnc(Cl)nc1)N(CCO)Cc1ccccc1. The largest absolute Gasteiger partial charge is 0.395 e. The maximum absolute atomic E-state index is 12.5. The lowest BCUT2D eigenvalue weighted by Gasteiger charge is -2.21. The summed E-state index contributed by atoms with van der Waals surface area (Å²) in [6.07, 6.45) is 2.31. The smallest absolute Gasteiger partial charge is 0.246 e. The van der Waals surface area contributed by atoms with E-state index in [2.05, 4.69) is 9.97 Å². The molecule has 1 aromatic heterocycles. The van der Waals surface area contributed by atoms with Crippen molar-refractivity contribution in [1.29, 1.82) is 0 Å². The van der Waals surface area contributed by atoms with Crippen molar-refractivity contribution in [3.8, 4) is 0 Å². The van der Waals surface area contributed by atoms with E-state index in [1.165, 1.54) is 4.31 Å². The lowest BCUT2D eigenvalue weighted by Crippen LogP contribution is -2.33. The molecule has 1 heterocycles. The van der Waals surface area contributed by atoms with Gasteiger partial charge in [-0.15, -0.1) is 0 Å². The van der Waals surface area contributed by atoms with Crippen LogP contribution in [0.1, 0.15) is 5.56 Å². The molecule has 112 valence electrons. The number of aliphatic hydroxyl groups is 1. The summed E-state index contributed by atoms with van der Waals surface area (Å²) in [5, 5.41) is 9.09. The lowest BCUT2D eigenvalue weighted by molar-refractivity contribution is 0.251. The fraction of sp³-hybridized carbons (Fsp3) is 0.231. The van der Waals surface area contributed by atoms with Gasteiger partial charge in [0.15, 0.2) is 0 Å². The van der Waals surface area contributed by atoms with E-state index in [1.54, 1.807) is 0 Å². The molecule has 1 N–H and O–H groups in total. The van der Waals surface area contributed by atoms with Gasteiger partial charge in [-0.25, -0.2) is 18.4 Å². The minimum Gasteiger partial charge on any atom is -0.395 e. The van der Waals surface area contributed by atoms with E-state index in [9.17, 15) is 8.42 Å². The van der Waals surface area contributed by atoms with Crippen LogP contribution in [0.2, 0.25) is 5.28 Å². The second-order valence-corrected chi connectivity index (χ2v) is 6.51. The number of aromatic nitrogens is 2. The summed E-state index contributed by atoms with van der Waals surface area (Å²) in [5.41, 5.74) is 0.824. The fourth-order valence-electron chi connectivity index (χ4n) is 1.77. The van der Waals surface area contributed by atoms with E-state index < -0.39 is 10.0 Å². The topological polar surface area (TPSA) is 83.4 Å². The zero-order valence-corrected chi connectivity index (χ0v) is 12.6. The second-order valence-electron chi connectivity index (χ2n) is 4.24. The zero-order valence-electron chi connectivity index (χ0n) is 11.1. The molecule has 0 bridgehead atoms. The Morgan fingerprint density at radius 3 is 2.33 bits per heavy atom. The molecule has 0 spiro atoms. The molecule has 6 nitrogen and oxygen atoms in total. The number of halogens is 1. The molecule has 0 saturated carbocycles. The molecule has 1 aromatic carbocycles. The molecule has 0 saturated heterocycles. The molecule has 0 aliphatic carbocycles. The summed E-state index contributed by atoms with van der Waals surface area (Å²) >= 11 is 5.56. The Kier molecular flexibility index (Phi) is 5.24. The number of benzene rings is 1. The molecule has 21 heavy (non-hydrogen) atoms. The minimum absolute atomic E-state index is 0.0140. The third-order valence-corrected chi connectivity index (χ3v) is 4.78. The van der Waals surface area contributed by atoms with Gasteiger partial charge in [0.05, 0.1) is 19.0 Å². The Morgan fingerprint density at radius 2 is 1.76 bits per heavy atom. The van der Waals surface area contributed by atoms with E-state index in [0.717, 1.165) is 18.0 Å². The van der Waals surface area contributed by atoms with Crippen molar-refractivity contribution in [3.63, 3.8) is 0 Å². The highest BCUT2D eigenvalue weighted by Crippen LogP contribution is 2.17. The van der Waals surface area contributed by atoms with Crippen molar-refractivity contribution in [2.24, 2.45) is 0 Å². The Hall–Kier alpha value is -1.54. The predicted octanol–water partition coefficient (Wildman–Crippen LogP) is 1.31. The molecule has 0 amide bonds. The standard InChI is InChI=1S/C13H14ClN3O3S/c14-13-15-8-12(9-16-13)21(19,20)17(6-7-18)10-11-4-2-1-3-5-11/h1-5,8-9,18H,6-7,10H2. The summed E-state index contributed by atoms with van der Waals surface area (Å²) < 4.78 is 26.2. The number of hydrogen-bond acceptors (Lipinski definition) is 5. The van der Waals surface area contributed by atoms with Crippen LogP contribution in [-0.4, -0.2) is 40.9 Å². The van der Waals surface area contributed by atoms with Gasteiger partial charge in [0.1, 0.15) is 4.90 Å². The van der Waals surface area contributed by atoms with Gasteiger partial charge in [-0.05, 0) is 17.2 Å². The van der Waals surface area contributed by atoms with E-state index in [1.807, 2.05) is 30.3 Å². The summed E-state index contributed by atoms with van der Waals surface area (Å²) in [6.45, 7) is -0.132. The quantitative estimate of drug-likeness (QED) is 0.809. The molecule has 8 heteroatoms. The van der Waals surface area contributed by atoms with Gasteiger partial charge in [-0.2, -0.15) is 4.31 Å². The maximum atomic E-state index is 12.5. The van der Waals surface area contributed by atoms with Crippen molar-refractivity contribution < 1.29 is 13.5 Å². The first-order chi connectivity index (χ1) is 10.0. The molecular weight excluding hydrogens is 314 g/mol. The van der Waals surface area contributed by atoms with Crippen LogP contribution >= 0.6 is 11.6 Å². The van der Waals surface area contributed by atoms with Gasteiger partial charge < -0.3 is 5.11 Å². The third-order valence-electron chi connectivity index (χ3n) is 2.79. The highest BCUT2D eigenvalue weighted by atomic mass is 35.5. The number of nitrogens with zero attached hydrogens (tertiary/aromatic N) is 3. The predicted molar refractivity (Wildman–Crippen MR) is 78.2 cm³/mol. The van der Waals surface area contributed by atoms with Gasteiger partial charge >= 0.3 is 0 Å².